The number of aryl methyl sites for hydroxylation is 1. The Balaban J connectivity index is 2.17. The van der Waals surface area contributed by atoms with Crippen LogP contribution in [-0.4, -0.2) is 15.0 Å². The standard InChI is InChI=1S/C15H23FN2O2S/c1-9-6-10(7-11(17)13(9)16)21(19,20)18-8-12-14(2,3)15(12,4)5/h6-7,12,18H,8,17H2,1-5H3. The molecule has 0 saturated heterocycles. The SMILES string of the molecule is Cc1cc(S(=O)(=O)NCC2C(C)(C)C2(C)C)cc(N)c1F. The van der Waals surface area contributed by atoms with Crippen LogP contribution in [0, 0.1) is 29.5 Å². The van der Waals surface area contributed by atoms with Crippen LogP contribution < -0.4 is 10.5 Å². The number of benzene rings is 1. The van der Waals surface area contributed by atoms with E-state index in [4.69, 9.17) is 5.73 Å². The van der Waals surface area contributed by atoms with Crippen LogP contribution in [-0.2, 0) is 10.0 Å². The summed E-state index contributed by atoms with van der Waals surface area (Å²) in [5, 5.41) is 0. The van der Waals surface area contributed by atoms with Gasteiger partial charge in [-0.25, -0.2) is 17.5 Å². The van der Waals surface area contributed by atoms with Gasteiger partial charge in [0.25, 0.3) is 0 Å². The van der Waals surface area contributed by atoms with Crippen LogP contribution in [0.5, 0.6) is 0 Å². The Morgan fingerprint density at radius 1 is 1.24 bits per heavy atom. The molecule has 1 aliphatic carbocycles. The lowest BCUT2D eigenvalue weighted by Gasteiger charge is -2.10. The predicted molar refractivity (Wildman–Crippen MR) is 81.8 cm³/mol. The summed E-state index contributed by atoms with van der Waals surface area (Å²) in [7, 11) is -3.67. The molecule has 0 atom stereocenters. The number of nitrogens with two attached hydrogens (primary N) is 1. The van der Waals surface area contributed by atoms with E-state index in [2.05, 4.69) is 32.4 Å². The van der Waals surface area contributed by atoms with Crippen molar-refractivity contribution in [1.29, 1.82) is 0 Å². The third-order valence-corrected chi connectivity index (χ3v) is 6.77. The largest absolute Gasteiger partial charge is 0.396 e. The van der Waals surface area contributed by atoms with Crippen molar-refractivity contribution in [2.24, 2.45) is 16.7 Å². The predicted octanol–water partition coefficient (Wildman–Crippen LogP) is 2.68. The monoisotopic (exact) mass is 314 g/mol. The molecule has 0 aromatic heterocycles. The number of hydrogen-bond acceptors (Lipinski definition) is 3. The van der Waals surface area contributed by atoms with E-state index in [9.17, 15) is 12.8 Å². The topological polar surface area (TPSA) is 72.2 Å². The van der Waals surface area contributed by atoms with Gasteiger partial charge in [0, 0.05) is 6.54 Å². The van der Waals surface area contributed by atoms with E-state index in [1.807, 2.05) is 0 Å². The van der Waals surface area contributed by atoms with E-state index >= 15 is 0 Å². The Morgan fingerprint density at radius 3 is 2.19 bits per heavy atom. The van der Waals surface area contributed by atoms with Gasteiger partial charge in [-0.1, -0.05) is 27.7 Å². The van der Waals surface area contributed by atoms with Gasteiger partial charge in [-0.15, -0.1) is 0 Å². The highest BCUT2D eigenvalue weighted by molar-refractivity contribution is 7.89. The molecule has 0 heterocycles. The maximum absolute atomic E-state index is 13.5. The van der Waals surface area contributed by atoms with E-state index in [0.29, 0.717) is 6.54 Å². The van der Waals surface area contributed by atoms with Crippen molar-refractivity contribution in [2.45, 2.75) is 39.5 Å². The Morgan fingerprint density at radius 2 is 1.76 bits per heavy atom. The molecule has 1 saturated carbocycles. The van der Waals surface area contributed by atoms with E-state index in [0.717, 1.165) is 6.07 Å². The van der Waals surface area contributed by atoms with Gasteiger partial charge >= 0.3 is 0 Å². The molecule has 0 spiro atoms. The van der Waals surface area contributed by atoms with Crippen LogP contribution in [0.15, 0.2) is 17.0 Å². The van der Waals surface area contributed by atoms with Gasteiger partial charge < -0.3 is 5.73 Å². The number of nitrogen functional groups attached to an aromatic ring is 1. The molecule has 0 unspecified atom stereocenters. The van der Waals surface area contributed by atoms with Gasteiger partial charge in [0.05, 0.1) is 10.6 Å². The van der Waals surface area contributed by atoms with Crippen LogP contribution >= 0.6 is 0 Å². The van der Waals surface area contributed by atoms with Gasteiger partial charge in [-0.2, -0.15) is 0 Å². The summed E-state index contributed by atoms with van der Waals surface area (Å²) in [4.78, 5) is 0.00941. The van der Waals surface area contributed by atoms with Gasteiger partial charge in [-0.05, 0) is 41.4 Å². The van der Waals surface area contributed by atoms with Gasteiger partial charge in [0.1, 0.15) is 5.82 Å². The number of nitrogens with one attached hydrogen (secondary N) is 1. The first-order valence-corrected chi connectivity index (χ1v) is 8.45. The highest BCUT2D eigenvalue weighted by Gasteiger charge is 2.64. The molecule has 0 bridgehead atoms. The first-order chi connectivity index (χ1) is 9.41. The first-order valence-electron chi connectivity index (χ1n) is 6.96. The second kappa shape index (κ2) is 4.68. The number of rotatable bonds is 4. The van der Waals surface area contributed by atoms with Crippen molar-refractivity contribution < 1.29 is 12.8 Å². The van der Waals surface area contributed by atoms with Crippen LogP contribution in [0.3, 0.4) is 0 Å². The molecule has 118 valence electrons. The molecule has 3 N–H and O–H groups in total. The summed E-state index contributed by atoms with van der Waals surface area (Å²) < 4.78 is 40.7. The Kier molecular flexibility index (Phi) is 3.62. The van der Waals surface area contributed by atoms with Crippen molar-refractivity contribution in [3.05, 3.63) is 23.5 Å². The molecule has 0 radical (unpaired) electrons. The fourth-order valence-corrected chi connectivity index (χ4v) is 4.20. The summed E-state index contributed by atoms with van der Waals surface area (Å²) in [6.07, 6.45) is 0. The van der Waals surface area contributed by atoms with E-state index in [-0.39, 0.29) is 32.9 Å². The maximum atomic E-state index is 13.5. The number of hydrogen-bond donors (Lipinski definition) is 2. The molecule has 1 fully saturated rings. The first kappa shape index (κ1) is 16.2. The number of halogens is 1. The average Bonchev–Trinajstić information content (AvgIpc) is 2.73. The summed E-state index contributed by atoms with van der Waals surface area (Å²) in [6, 6.07) is 2.46. The Hall–Kier alpha value is -1.14. The van der Waals surface area contributed by atoms with Crippen LogP contribution in [0.2, 0.25) is 0 Å². The minimum atomic E-state index is -3.67. The van der Waals surface area contributed by atoms with Gasteiger partial charge in [-0.3, -0.25) is 0 Å². The lowest BCUT2D eigenvalue weighted by molar-refractivity contribution is 0.457. The Labute approximate surface area is 126 Å². The third kappa shape index (κ3) is 2.55. The van der Waals surface area contributed by atoms with Gasteiger partial charge in [0.15, 0.2) is 0 Å². The van der Waals surface area contributed by atoms with Crippen LogP contribution in [0.25, 0.3) is 0 Å². The summed E-state index contributed by atoms with van der Waals surface area (Å²) >= 11 is 0. The fraction of sp³-hybridized carbons (Fsp3) is 0.600. The van der Waals surface area contributed by atoms with E-state index in [1.54, 1.807) is 0 Å². The molecule has 0 aliphatic heterocycles. The molecule has 21 heavy (non-hydrogen) atoms. The van der Waals surface area contributed by atoms with Crippen molar-refractivity contribution in [3.8, 4) is 0 Å². The minimum Gasteiger partial charge on any atom is -0.396 e. The highest BCUT2D eigenvalue weighted by Crippen LogP contribution is 2.67. The zero-order valence-corrected chi connectivity index (χ0v) is 13.9. The van der Waals surface area contributed by atoms with E-state index < -0.39 is 15.8 Å². The van der Waals surface area contributed by atoms with E-state index in [1.165, 1.54) is 13.0 Å². The number of sulfonamides is 1. The molecular formula is C15H23FN2O2S. The lowest BCUT2D eigenvalue weighted by Crippen LogP contribution is -2.27. The van der Waals surface area contributed by atoms with Crippen molar-refractivity contribution in [2.75, 3.05) is 12.3 Å². The summed E-state index contributed by atoms with van der Waals surface area (Å²) in [5.41, 5.74) is 5.79. The molecule has 1 aromatic rings. The molecule has 1 aromatic carbocycles. The second-order valence-electron chi connectivity index (χ2n) is 6.99. The van der Waals surface area contributed by atoms with Gasteiger partial charge in [0.2, 0.25) is 10.0 Å². The second-order valence-corrected chi connectivity index (χ2v) is 8.76. The quantitative estimate of drug-likeness (QED) is 0.839. The average molecular weight is 314 g/mol. The zero-order chi connectivity index (χ0) is 16.2. The molecule has 6 heteroatoms. The summed E-state index contributed by atoms with van der Waals surface area (Å²) in [6.45, 7) is 10.4. The Bertz CT molecular complexity index is 644. The fourth-order valence-electron chi connectivity index (χ4n) is 3.04. The minimum absolute atomic E-state index is 0.00941. The van der Waals surface area contributed by atoms with Crippen molar-refractivity contribution >= 4 is 15.7 Å². The zero-order valence-electron chi connectivity index (χ0n) is 13.1. The normalized spacial score (nSPS) is 20.5. The summed E-state index contributed by atoms with van der Waals surface area (Å²) in [5.74, 6) is -0.294. The maximum Gasteiger partial charge on any atom is 0.240 e. The third-order valence-electron chi connectivity index (χ3n) is 5.36. The smallest absolute Gasteiger partial charge is 0.240 e. The highest BCUT2D eigenvalue weighted by atomic mass is 32.2. The molecule has 1 aliphatic rings. The molecule has 2 rings (SSSR count). The molecule has 0 amide bonds. The van der Waals surface area contributed by atoms with Crippen LogP contribution in [0.1, 0.15) is 33.3 Å². The molecular weight excluding hydrogens is 291 g/mol. The van der Waals surface area contributed by atoms with Crippen LogP contribution in [0.4, 0.5) is 10.1 Å². The van der Waals surface area contributed by atoms with Crippen molar-refractivity contribution in [3.63, 3.8) is 0 Å². The molecule has 4 nitrogen and oxygen atoms in total. The number of anilines is 1. The lowest BCUT2D eigenvalue weighted by atomic mass is 10.0. The van der Waals surface area contributed by atoms with Crippen molar-refractivity contribution in [1.82, 2.24) is 4.72 Å².